The van der Waals surface area contributed by atoms with E-state index in [4.69, 9.17) is 39.8 Å². The number of nitrogens with zero attached hydrogens (tertiary/aromatic N) is 5. The smallest absolute Gasteiger partial charge is 0.351 e. The normalized spacial score (nSPS) is 21.8. The molecule has 3 unspecified atom stereocenters. The molecule has 0 spiro atoms. The standard InChI is InChI=1S/C27H43N6O8P/c1-9-22-24(41-42(39-15-13-29-8)33(18(2)3)19(4)5)25(38-17-36-16-37-20(6)10-12-28)26(40-22)32-14-11-23(30-21(7)34)31-27(32)35/h11,14,18-20,22,24-26H,9-10,13,15-17H2,1-7H3,(H,30,31,34,35)/t20?,22-,24?,25+,26-,42?/m1/s1. The van der Waals surface area contributed by atoms with Crippen LogP contribution in [0.4, 0.5) is 5.82 Å². The molecule has 1 N–H and O–H groups in total. The Balaban J connectivity index is 2.38. The molecular formula is C27H43N6O8P. The lowest BCUT2D eigenvalue weighted by Gasteiger charge is -2.38. The summed E-state index contributed by atoms with van der Waals surface area (Å²) in [6, 6.07) is 3.69. The van der Waals surface area contributed by atoms with Crippen molar-refractivity contribution in [3.8, 4) is 6.07 Å². The molecule has 0 bridgehead atoms. The van der Waals surface area contributed by atoms with Crippen molar-refractivity contribution in [3.63, 3.8) is 0 Å². The summed E-state index contributed by atoms with van der Waals surface area (Å²) in [6.07, 6.45) is -0.981. The minimum Gasteiger partial charge on any atom is -0.351 e. The molecule has 1 amide bonds. The second-order valence-electron chi connectivity index (χ2n) is 10.2. The summed E-state index contributed by atoms with van der Waals surface area (Å²) < 4.78 is 39.6. The summed E-state index contributed by atoms with van der Waals surface area (Å²) >= 11 is 0. The van der Waals surface area contributed by atoms with Crippen LogP contribution in [0, 0.1) is 17.9 Å². The summed E-state index contributed by atoms with van der Waals surface area (Å²) in [5, 5.41) is 11.3. The van der Waals surface area contributed by atoms with E-state index < -0.39 is 38.8 Å². The summed E-state index contributed by atoms with van der Waals surface area (Å²) in [6.45, 7) is 20.4. The van der Waals surface area contributed by atoms with E-state index in [-0.39, 0.29) is 63.1 Å². The van der Waals surface area contributed by atoms with Crippen LogP contribution in [0.15, 0.2) is 17.1 Å². The second kappa shape index (κ2) is 18.2. The number of carbonyl (C=O) groups excluding carboxylic acids is 1. The van der Waals surface area contributed by atoms with Crippen molar-refractivity contribution in [2.75, 3.05) is 32.1 Å². The number of hydrogen-bond donors (Lipinski definition) is 1. The van der Waals surface area contributed by atoms with Crippen LogP contribution in [0.3, 0.4) is 0 Å². The third-order valence-electron chi connectivity index (χ3n) is 6.12. The van der Waals surface area contributed by atoms with E-state index in [1.165, 1.54) is 23.8 Å². The van der Waals surface area contributed by atoms with E-state index in [0.29, 0.717) is 6.42 Å². The molecule has 42 heavy (non-hydrogen) atoms. The van der Waals surface area contributed by atoms with Gasteiger partial charge in [0.05, 0.1) is 24.7 Å². The molecule has 6 atom stereocenters. The van der Waals surface area contributed by atoms with Gasteiger partial charge in [-0.25, -0.2) is 16.0 Å². The fraction of sp³-hybridized carbons (Fsp3) is 0.741. The number of carbonyl (C=O) groups is 1. The number of nitrogens with one attached hydrogen (secondary N) is 1. The second-order valence-corrected chi connectivity index (χ2v) is 11.6. The van der Waals surface area contributed by atoms with Gasteiger partial charge in [0.1, 0.15) is 38.2 Å². The van der Waals surface area contributed by atoms with Gasteiger partial charge in [-0.1, -0.05) is 6.92 Å². The van der Waals surface area contributed by atoms with Gasteiger partial charge in [0.2, 0.25) is 12.5 Å². The van der Waals surface area contributed by atoms with Crippen molar-refractivity contribution < 1.29 is 32.8 Å². The minimum absolute atomic E-state index is 0.0747. The van der Waals surface area contributed by atoms with Gasteiger partial charge in [0.25, 0.3) is 8.53 Å². The van der Waals surface area contributed by atoms with Gasteiger partial charge < -0.3 is 38.2 Å². The van der Waals surface area contributed by atoms with Crippen molar-refractivity contribution in [2.24, 2.45) is 0 Å². The molecule has 0 aromatic carbocycles. The quantitative estimate of drug-likeness (QED) is 0.112. The third kappa shape index (κ3) is 10.6. The minimum atomic E-state index is -1.65. The van der Waals surface area contributed by atoms with Crippen LogP contribution in [-0.4, -0.2) is 83.4 Å². The van der Waals surface area contributed by atoms with Gasteiger partial charge in [0.15, 0.2) is 6.23 Å². The predicted molar refractivity (Wildman–Crippen MR) is 155 cm³/mol. The number of amides is 1. The average molecular weight is 611 g/mol. The SMILES string of the molecule is [C-]#[N+]CCOP(OC1[C@@H](CC)O[C@@H](n2ccc(NC(C)=O)nc2=O)[C@H]1OCOCOC(C)CC#N)N(C(C)C)C(C)C. The van der Waals surface area contributed by atoms with Crippen molar-refractivity contribution in [1.82, 2.24) is 14.2 Å². The first-order chi connectivity index (χ1) is 20.0. The summed E-state index contributed by atoms with van der Waals surface area (Å²) in [5.41, 5.74) is -0.647. The van der Waals surface area contributed by atoms with Crippen LogP contribution in [0.2, 0.25) is 0 Å². The van der Waals surface area contributed by atoms with Crippen molar-refractivity contribution in [2.45, 2.75) is 104 Å². The van der Waals surface area contributed by atoms with Gasteiger partial charge in [-0.05, 0) is 47.1 Å². The Morgan fingerprint density at radius 2 is 2.00 bits per heavy atom. The van der Waals surface area contributed by atoms with Crippen LogP contribution < -0.4 is 11.0 Å². The Hall–Kier alpha value is -2.52. The van der Waals surface area contributed by atoms with Gasteiger partial charge in [-0.15, -0.1) is 0 Å². The van der Waals surface area contributed by atoms with Crippen LogP contribution in [0.1, 0.15) is 67.5 Å². The van der Waals surface area contributed by atoms with Gasteiger partial charge in [-0.3, -0.25) is 9.36 Å². The van der Waals surface area contributed by atoms with Crippen molar-refractivity contribution in [3.05, 3.63) is 34.2 Å². The van der Waals surface area contributed by atoms with E-state index >= 15 is 0 Å². The largest absolute Gasteiger partial charge is 0.351 e. The summed E-state index contributed by atoms with van der Waals surface area (Å²) in [4.78, 5) is 31.9. The molecule has 1 fully saturated rings. The Morgan fingerprint density at radius 1 is 1.29 bits per heavy atom. The zero-order valence-corrected chi connectivity index (χ0v) is 26.3. The highest BCUT2D eigenvalue weighted by molar-refractivity contribution is 7.44. The molecule has 1 aliphatic heterocycles. The third-order valence-corrected chi connectivity index (χ3v) is 8.25. The van der Waals surface area contributed by atoms with Gasteiger partial charge in [0, 0.05) is 25.2 Å². The molecule has 1 aromatic heterocycles. The Morgan fingerprint density at radius 3 is 2.57 bits per heavy atom. The highest BCUT2D eigenvalue weighted by Gasteiger charge is 2.49. The van der Waals surface area contributed by atoms with Crippen molar-refractivity contribution >= 4 is 20.3 Å². The first-order valence-corrected chi connectivity index (χ1v) is 15.1. The number of ether oxygens (including phenoxy) is 4. The average Bonchev–Trinajstić information content (AvgIpc) is 3.24. The molecule has 1 saturated heterocycles. The predicted octanol–water partition coefficient (Wildman–Crippen LogP) is 3.81. The number of rotatable bonds is 18. The first-order valence-electron chi connectivity index (χ1n) is 13.9. The molecule has 234 valence electrons. The van der Waals surface area contributed by atoms with Gasteiger partial charge >= 0.3 is 5.69 Å². The van der Waals surface area contributed by atoms with Crippen LogP contribution in [-0.2, 0) is 32.8 Å². The zero-order valence-electron chi connectivity index (χ0n) is 25.4. The first kappa shape index (κ1) is 35.7. The van der Waals surface area contributed by atoms with Gasteiger partial charge in [-0.2, -0.15) is 10.2 Å². The number of nitriles is 1. The highest BCUT2D eigenvalue weighted by atomic mass is 31.2. The van der Waals surface area contributed by atoms with Crippen LogP contribution in [0.5, 0.6) is 0 Å². The van der Waals surface area contributed by atoms with Crippen LogP contribution in [0.25, 0.3) is 4.85 Å². The Bertz CT molecular complexity index is 1120. The maximum absolute atomic E-state index is 13.0. The number of aromatic nitrogens is 2. The van der Waals surface area contributed by atoms with E-state index in [9.17, 15) is 9.59 Å². The van der Waals surface area contributed by atoms with E-state index in [0.717, 1.165) is 0 Å². The molecule has 0 radical (unpaired) electrons. The topological polar surface area (TPSA) is 151 Å². The maximum atomic E-state index is 13.0. The monoisotopic (exact) mass is 610 g/mol. The molecule has 0 saturated carbocycles. The molecule has 1 aromatic rings. The molecule has 15 heteroatoms. The van der Waals surface area contributed by atoms with E-state index in [2.05, 4.69) is 19.8 Å². The van der Waals surface area contributed by atoms with E-state index in [1.54, 1.807) is 6.92 Å². The lowest BCUT2D eigenvalue weighted by atomic mass is 10.1. The fourth-order valence-electron chi connectivity index (χ4n) is 4.33. The molecule has 0 aliphatic carbocycles. The molecule has 14 nitrogen and oxygen atoms in total. The number of anilines is 1. The lowest BCUT2D eigenvalue weighted by molar-refractivity contribution is -0.182. The summed E-state index contributed by atoms with van der Waals surface area (Å²) in [7, 11) is -1.65. The molecule has 2 heterocycles. The molecule has 2 rings (SSSR count). The highest BCUT2D eigenvalue weighted by Crippen LogP contribution is 2.50. The van der Waals surface area contributed by atoms with E-state index in [1.807, 2.05) is 40.7 Å². The number of hydrogen-bond acceptors (Lipinski definition) is 11. The maximum Gasteiger partial charge on any atom is 0.351 e. The lowest BCUT2D eigenvalue weighted by Crippen LogP contribution is -2.41. The van der Waals surface area contributed by atoms with Crippen LogP contribution >= 0.6 is 8.53 Å². The van der Waals surface area contributed by atoms with Crippen molar-refractivity contribution in [1.29, 1.82) is 5.26 Å². The zero-order chi connectivity index (χ0) is 31.2. The Labute approximate surface area is 249 Å². The molecular weight excluding hydrogens is 567 g/mol. The molecule has 1 aliphatic rings. The Kier molecular flexibility index (Phi) is 15.5. The summed E-state index contributed by atoms with van der Waals surface area (Å²) in [5.74, 6) is -0.236. The fourth-order valence-corrected chi connectivity index (χ4v) is 6.09.